The molecule has 132 valence electrons. The minimum Gasteiger partial charge on any atom is -0.495 e. The Morgan fingerprint density at radius 1 is 1.20 bits per heavy atom. The number of nitro benzene ring substituents is 1. The van der Waals surface area contributed by atoms with Gasteiger partial charge in [0.1, 0.15) is 11.5 Å². The fourth-order valence-electron chi connectivity index (χ4n) is 1.96. The molecule has 0 radical (unpaired) electrons. The van der Waals surface area contributed by atoms with Crippen LogP contribution in [0.4, 0.5) is 11.4 Å². The Morgan fingerprint density at radius 3 is 2.48 bits per heavy atom. The van der Waals surface area contributed by atoms with Crippen LogP contribution in [0.3, 0.4) is 0 Å². The van der Waals surface area contributed by atoms with Gasteiger partial charge in [-0.3, -0.25) is 14.9 Å². The standard InChI is InChI=1S/C16H14Cl2N2O5/c1-9(25-14-5-3-10(17)7-12(14)18)16(21)19-13-8-11(20(22)23)4-6-15(13)24-2/h3-9H,1-2H3,(H,19,21). The molecule has 0 heterocycles. The van der Waals surface area contributed by atoms with E-state index in [4.69, 9.17) is 32.7 Å². The summed E-state index contributed by atoms with van der Waals surface area (Å²) in [5, 5.41) is 14.1. The van der Waals surface area contributed by atoms with Crippen molar-refractivity contribution >= 4 is 40.5 Å². The van der Waals surface area contributed by atoms with Crippen molar-refractivity contribution in [3.8, 4) is 11.5 Å². The van der Waals surface area contributed by atoms with Gasteiger partial charge >= 0.3 is 0 Å². The molecular formula is C16H14Cl2N2O5. The van der Waals surface area contributed by atoms with Crippen LogP contribution in [-0.4, -0.2) is 24.0 Å². The highest BCUT2D eigenvalue weighted by Crippen LogP contribution is 2.30. The molecule has 9 heteroatoms. The summed E-state index contributed by atoms with van der Waals surface area (Å²) in [6.45, 7) is 1.52. The molecule has 0 spiro atoms. The Kier molecular flexibility index (Phi) is 6.06. The molecule has 1 atom stereocenters. The molecule has 1 unspecified atom stereocenters. The number of hydrogen-bond donors (Lipinski definition) is 1. The van der Waals surface area contributed by atoms with Gasteiger partial charge in [0.05, 0.1) is 22.7 Å². The SMILES string of the molecule is COc1ccc([N+](=O)[O-])cc1NC(=O)C(C)Oc1ccc(Cl)cc1Cl. The number of anilines is 1. The van der Waals surface area contributed by atoms with Gasteiger partial charge in [0.25, 0.3) is 11.6 Å². The number of carbonyl (C=O) groups is 1. The van der Waals surface area contributed by atoms with Crippen molar-refractivity contribution in [1.29, 1.82) is 0 Å². The van der Waals surface area contributed by atoms with Gasteiger partial charge in [0, 0.05) is 17.2 Å². The molecule has 1 amide bonds. The zero-order valence-corrected chi connectivity index (χ0v) is 14.8. The van der Waals surface area contributed by atoms with Crippen LogP contribution in [0.25, 0.3) is 0 Å². The molecule has 2 aromatic rings. The van der Waals surface area contributed by atoms with Crippen molar-refractivity contribution in [2.24, 2.45) is 0 Å². The van der Waals surface area contributed by atoms with E-state index in [9.17, 15) is 14.9 Å². The second-order valence-corrected chi connectivity index (χ2v) is 5.81. The van der Waals surface area contributed by atoms with E-state index in [2.05, 4.69) is 5.32 Å². The number of halogens is 2. The van der Waals surface area contributed by atoms with E-state index < -0.39 is 16.9 Å². The maximum atomic E-state index is 12.3. The van der Waals surface area contributed by atoms with Gasteiger partial charge in [-0.15, -0.1) is 0 Å². The minimum atomic E-state index is -0.914. The maximum absolute atomic E-state index is 12.3. The predicted octanol–water partition coefficient (Wildman–Crippen LogP) is 4.32. The van der Waals surface area contributed by atoms with Crippen LogP contribution in [0.15, 0.2) is 36.4 Å². The predicted molar refractivity (Wildman–Crippen MR) is 94.8 cm³/mol. The van der Waals surface area contributed by atoms with E-state index in [1.807, 2.05) is 0 Å². The summed E-state index contributed by atoms with van der Waals surface area (Å²) in [6.07, 6.45) is -0.914. The first-order chi connectivity index (χ1) is 11.8. The van der Waals surface area contributed by atoms with Crippen molar-refractivity contribution in [3.05, 3.63) is 56.6 Å². The topological polar surface area (TPSA) is 90.7 Å². The molecule has 0 aliphatic rings. The summed E-state index contributed by atoms with van der Waals surface area (Å²) >= 11 is 11.8. The number of nitro groups is 1. The van der Waals surface area contributed by atoms with Crippen molar-refractivity contribution in [3.63, 3.8) is 0 Å². The van der Waals surface area contributed by atoms with Crippen LogP contribution in [0.5, 0.6) is 11.5 Å². The highest BCUT2D eigenvalue weighted by atomic mass is 35.5. The molecule has 25 heavy (non-hydrogen) atoms. The number of carbonyl (C=O) groups excluding carboxylic acids is 1. The van der Waals surface area contributed by atoms with Crippen LogP contribution < -0.4 is 14.8 Å². The summed E-state index contributed by atoms with van der Waals surface area (Å²) in [4.78, 5) is 22.6. The fraction of sp³-hybridized carbons (Fsp3) is 0.188. The Labute approximate surface area is 153 Å². The summed E-state index contributed by atoms with van der Waals surface area (Å²) < 4.78 is 10.6. The third kappa shape index (κ3) is 4.74. The average Bonchev–Trinajstić information content (AvgIpc) is 2.57. The number of benzene rings is 2. The summed E-state index contributed by atoms with van der Waals surface area (Å²) in [5.41, 5.74) is -0.00947. The second-order valence-electron chi connectivity index (χ2n) is 4.97. The number of amides is 1. The Hall–Kier alpha value is -2.51. The van der Waals surface area contributed by atoms with E-state index in [-0.39, 0.29) is 22.1 Å². The first-order valence-electron chi connectivity index (χ1n) is 7.07. The van der Waals surface area contributed by atoms with Crippen molar-refractivity contribution in [2.75, 3.05) is 12.4 Å². The molecular weight excluding hydrogens is 371 g/mol. The number of nitrogens with one attached hydrogen (secondary N) is 1. The zero-order chi connectivity index (χ0) is 18.6. The summed E-state index contributed by atoms with van der Waals surface area (Å²) in [5.74, 6) is 0.0558. The van der Waals surface area contributed by atoms with Gasteiger partial charge < -0.3 is 14.8 Å². The Morgan fingerprint density at radius 2 is 1.88 bits per heavy atom. The lowest BCUT2D eigenvalue weighted by molar-refractivity contribution is -0.384. The molecule has 0 saturated carbocycles. The minimum absolute atomic E-state index is 0.166. The second kappa shape index (κ2) is 8.04. The average molecular weight is 385 g/mol. The van der Waals surface area contributed by atoms with Gasteiger partial charge in [-0.2, -0.15) is 0 Å². The summed E-state index contributed by atoms with van der Waals surface area (Å²) in [6, 6.07) is 8.50. The van der Waals surface area contributed by atoms with Gasteiger partial charge in [-0.1, -0.05) is 23.2 Å². The lowest BCUT2D eigenvalue weighted by Crippen LogP contribution is -2.30. The number of methoxy groups -OCH3 is 1. The van der Waals surface area contributed by atoms with Crippen molar-refractivity contribution < 1.29 is 19.2 Å². The summed E-state index contributed by atoms with van der Waals surface area (Å²) in [7, 11) is 1.39. The first-order valence-corrected chi connectivity index (χ1v) is 7.82. The Balaban J connectivity index is 2.15. The van der Waals surface area contributed by atoms with E-state index >= 15 is 0 Å². The Bertz CT molecular complexity index is 813. The zero-order valence-electron chi connectivity index (χ0n) is 13.3. The molecule has 0 saturated heterocycles. The third-order valence-corrected chi connectivity index (χ3v) is 3.75. The highest BCUT2D eigenvalue weighted by molar-refractivity contribution is 6.35. The van der Waals surface area contributed by atoms with Crippen molar-refractivity contribution in [2.45, 2.75) is 13.0 Å². The van der Waals surface area contributed by atoms with E-state index in [0.29, 0.717) is 10.8 Å². The molecule has 0 aliphatic heterocycles. The quantitative estimate of drug-likeness (QED) is 0.591. The highest BCUT2D eigenvalue weighted by Gasteiger charge is 2.20. The number of rotatable bonds is 6. The van der Waals surface area contributed by atoms with E-state index in [1.54, 1.807) is 12.1 Å². The number of non-ortho nitro benzene ring substituents is 1. The van der Waals surface area contributed by atoms with Crippen LogP contribution in [0, 0.1) is 10.1 Å². The molecule has 7 nitrogen and oxygen atoms in total. The fourth-order valence-corrected chi connectivity index (χ4v) is 2.41. The van der Waals surface area contributed by atoms with E-state index in [0.717, 1.165) is 0 Å². The molecule has 2 aromatic carbocycles. The van der Waals surface area contributed by atoms with Crippen LogP contribution in [0.1, 0.15) is 6.92 Å². The van der Waals surface area contributed by atoms with Crippen LogP contribution in [-0.2, 0) is 4.79 Å². The lowest BCUT2D eigenvalue weighted by atomic mass is 10.2. The van der Waals surface area contributed by atoms with Crippen LogP contribution in [0.2, 0.25) is 10.0 Å². The number of ether oxygens (including phenoxy) is 2. The van der Waals surface area contributed by atoms with Crippen molar-refractivity contribution in [1.82, 2.24) is 0 Å². The van der Waals surface area contributed by atoms with Gasteiger partial charge in [-0.25, -0.2) is 0 Å². The normalized spacial score (nSPS) is 11.5. The van der Waals surface area contributed by atoms with E-state index in [1.165, 1.54) is 38.3 Å². The molecule has 0 aromatic heterocycles. The van der Waals surface area contributed by atoms with Gasteiger partial charge in [0.15, 0.2) is 6.10 Å². The smallest absolute Gasteiger partial charge is 0.271 e. The molecule has 0 fully saturated rings. The maximum Gasteiger partial charge on any atom is 0.271 e. The molecule has 1 N–H and O–H groups in total. The third-order valence-electron chi connectivity index (χ3n) is 3.22. The number of nitrogens with zero attached hydrogens (tertiary/aromatic N) is 1. The number of hydrogen-bond acceptors (Lipinski definition) is 5. The molecule has 2 rings (SSSR count). The molecule has 0 aliphatic carbocycles. The van der Waals surface area contributed by atoms with Gasteiger partial charge in [0.2, 0.25) is 0 Å². The molecule has 0 bridgehead atoms. The van der Waals surface area contributed by atoms with Crippen LogP contribution >= 0.6 is 23.2 Å². The lowest BCUT2D eigenvalue weighted by Gasteiger charge is -2.16. The largest absolute Gasteiger partial charge is 0.495 e. The first kappa shape index (κ1) is 18.8. The van der Waals surface area contributed by atoms with Gasteiger partial charge in [-0.05, 0) is 31.2 Å². The monoisotopic (exact) mass is 384 g/mol.